The lowest BCUT2D eigenvalue weighted by molar-refractivity contribution is -0.231. The minimum atomic E-state index is -1.37. The molecule has 1 aliphatic heterocycles. The lowest BCUT2D eigenvalue weighted by Crippen LogP contribution is -2.55. The Balaban J connectivity index is 1.91. The van der Waals surface area contributed by atoms with Gasteiger partial charge in [0.05, 0.1) is 6.61 Å². The molecule has 5 heteroatoms. The van der Waals surface area contributed by atoms with Crippen molar-refractivity contribution < 1.29 is 25.2 Å². The van der Waals surface area contributed by atoms with Crippen molar-refractivity contribution in [1.29, 1.82) is 0 Å². The first kappa shape index (κ1) is 17.1. The molecule has 1 saturated heterocycles. The minimum absolute atomic E-state index is 0.428. The van der Waals surface area contributed by atoms with Crippen molar-refractivity contribution >= 4 is 0 Å². The molecule has 0 bridgehead atoms. The monoisotopic (exact) mass is 330 g/mol. The maximum Gasteiger partial charge on any atom is 0.113 e. The third-order valence-corrected chi connectivity index (χ3v) is 4.49. The van der Waals surface area contributed by atoms with E-state index in [1.807, 2.05) is 54.6 Å². The Morgan fingerprint density at radius 2 is 1.46 bits per heavy atom. The SMILES string of the molecule is OCC1OC(c2ccccc2Cc2ccccc2)C(O)C(O)C1O. The van der Waals surface area contributed by atoms with Crippen molar-refractivity contribution in [3.8, 4) is 0 Å². The van der Waals surface area contributed by atoms with Crippen molar-refractivity contribution in [3.05, 3.63) is 71.3 Å². The molecule has 0 spiro atoms. The van der Waals surface area contributed by atoms with Gasteiger partial charge in [-0.1, -0.05) is 54.6 Å². The fraction of sp³-hybridized carbons (Fsp3) is 0.368. The topological polar surface area (TPSA) is 90.2 Å². The van der Waals surface area contributed by atoms with E-state index in [9.17, 15) is 20.4 Å². The van der Waals surface area contributed by atoms with E-state index in [2.05, 4.69) is 0 Å². The van der Waals surface area contributed by atoms with Crippen molar-refractivity contribution in [1.82, 2.24) is 0 Å². The first-order valence-corrected chi connectivity index (χ1v) is 8.04. The van der Waals surface area contributed by atoms with Crippen LogP contribution in [0.25, 0.3) is 0 Å². The summed E-state index contributed by atoms with van der Waals surface area (Å²) in [6.07, 6.45) is -5.03. The van der Waals surface area contributed by atoms with Gasteiger partial charge in [0.15, 0.2) is 0 Å². The van der Waals surface area contributed by atoms with Crippen LogP contribution in [0.4, 0.5) is 0 Å². The summed E-state index contributed by atoms with van der Waals surface area (Å²) in [5, 5.41) is 39.7. The van der Waals surface area contributed by atoms with Crippen molar-refractivity contribution in [2.24, 2.45) is 0 Å². The predicted molar refractivity (Wildman–Crippen MR) is 88.4 cm³/mol. The number of rotatable bonds is 4. The molecule has 1 aliphatic rings. The van der Waals surface area contributed by atoms with Gasteiger partial charge in [-0.05, 0) is 23.1 Å². The van der Waals surface area contributed by atoms with E-state index in [1.54, 1.807) is 0 Å². The normalized spacial score (nSPS) is 30.2. The summed E-state index contributed by atoms with van der Waals surface area (Å²) >= 11 is 0. The van der Waals surface area contributed by atoms with Crippen LogP contribution in [0.15, 0.2) is 54.6 Å². The van der Waals surface area contributed by atoms with Crippen LogP contribution in [0.1, 0.15) is 22.8 Å². The van der Waals surface area contributed by atoms with E-state index >= 15 is 0 Å². The van der Waals surface area contributed by atoms with Crippen molar-refractivity contribution in [2.45, 2.75) is 36.9 Å². The molecule has 3 rings (SSSR count). The summed E-state index contributed by atoms with van der Waals surface area (Å²) in [6, 6.07) is 17.4. The van der Waals surface area contributed by atoms with Gasteiger partial charge in [-0.3, -0.25) is 0 Å². The molecule has 0 radical (unpaired) electrons. The van der Waals surface area contributed by atoms with Gasteiger partial charge in [0.1, 0.15) is 30.5 Å². The molecule has 5 nitrogen and oxygen atoms in total. The molecule has 1 heterocycles. The summed E-state index contributed by atoms with van der Waals surface area (Å²) < 4.78 is 5.68. The lowest BCUT2D eigenvalue weighted by Gasteiger charge is -2.40. The molecule has 5 unspecified atom stereocenters. The van der Waals surface area contributed by atoms with Crippen LogP contribution in [0, 0.1) is 0 Å². The molecule has 128 valence electrons. The maximum atomic E-state index is 10.3. The van der Waals surface area contributed by atoms with E-state index in [0.717, 1.165) is 16.7 Å². The molecule has 0 saturated carbocycles. The highest BCUT2D eigenvalue weighted by atomic mass is 16.5. The summed E-state index contributed by atoms with van der Waals surface area (Å²) in [6.45, 7) is -0.428. The Kier molecular flexibility index (Phi) is 5.28. The number of aliphatic hydroxyl groups is 4. The number of aliphatic hydroxyl groups excluding tert-OH is 4. The third kappa shape index (κ3) is 3.36. The van der Waals surface area contributed by atoms with Crippen LogP contribution in [0.5, 0.6) is 0 Å². The predicted octanol–water partition coefficient (Wildman–Crippen LogP) is 0.792. The van der Waals surface area contributed by atoms with Gasteiger partial charge in [0.25, 0.3) is 0 Å². The van der Waals surface area contributed by atoms with E-state index in [1.165, 1.54) is 0 Å². The fourth-order valence-corrected chi connectivity index (χ4v) is 3.15. The summed E-state index contributed by atoms with van der Waals surface area (Å²) in [7, 11) is 0. The average molecular weight is 330 g/mol. The Morgan fingerprint density at radius 3 is 2.17 bits per heavy atom. The van der Waals surface area contributed by atoms with Gasteiger partial charge in [0.2, 0.25) is 0 Å². The Labute approximate surface area is 140 Å². The maximum absolute atomic E-state index is 10.3. The Bertz CT molecular complexity index is 658. The highest BCUT2D eigenvalue weighted by molar-refractivity contribution is 5.35. The van der Waals surface area contributed by atoms with Gasteiger partial charge in [-0.15, -0.1) is 0 Å². The second-order valence-corrected chi connectivity index (χ2v) is 6.11. The van der Waals surface area contributed by atoms with E-state index in [0.29, 0.717) is 6.42 Å². The molecule has 2 aromatic rings. The largest absolute Gasteiger partial charge is 0.394 e. The van der Waals surface area contributed by atoms with Gasteiger partial charge in [0, 0.05) is 0 Å². The smallest absolute Gasteiger partial charge is 0.113 e. The number of hydrogen-bond donors (Lipinski definition) is 4. The zero-order valence-corrected chi connectivity index (χ0v) is 13.2. The van der Waals surface area contributed by atoms with Gasteiger partial charge < -0.3 is 25.2 Å². The highest BCUT2D eigenvalue weighted by Gasteiger charge is 2.44. The molecule has 0 aromatic heterocycles. The quantitative estimate of drug-likeness (QED) is 0.666. The van der Waals surface area contributed by atoms with Crippen LogP contribution >= 0.6 is 0 Å². The Morgan fingerprint density at radius 1 is 0.792 bits per heavy atom. The number of hydrogen-bond acceptors (Lipinski definition) is 5. The third-order valence-electron chi connectivity index (χ3n) is 4.49. The molecule has 24 heavy (non-hydrogen) atoms. The molecular formula is C19H22O5. The second-order valence-electron chi connectivity index (χ2n) is 6.11. The first-order valence-electron chi connectivity index (χ1n) is 8.04. The lowest BCUT2D eigenvalue weighted by atomic mass is 9.88. The zero-order valence-electron chi connectivity index (χ0n) is 13.2. The summed E-state index contributed by atoms with van der Waals surface area (Å²) in [4.78, 5) is 0. The standard InChI is InChI=1S/C19H22O5/c20-11-15-16(21)17(22)18(23)19(24-15)14-9-5-4-8-13(14)10-12-6-2-1-3-7-12/h1-9,15-23H,10-11H2. The minimum Gasteiger partial charge on any atom is -0.394 e. The van der Waals surface area contributed by atoms with Crippen LogP contribution in [0.3, 0.4) is 0 Å². The van der Waals surface area contributed by atoms with Crippen LogP contribution < -0.4 is 0 Å². The average Bonchev–Trinajstić information content (AvgIpc) is 2.62. The van der Waals surface area contributed by atoms with Crippen molar-refractivity contribution in [3.63, 3.8) is 0 Å². The fourth-order valence-electron chi connectivity index (χ4n) is 3.15. The molecule has 4 N–H and O–H groups in total. The van der Waals surface area contributed by atoms with E-state index < -0.39 is 37.1 Å². The Hall–Kier alpha value is -1.76. The number of benzene rings is 2. The van der Waals surface area contributed by atoms with Crippen LogP contribution in [0.2, 0.25) is 0 Å². The van der Waals surface area contributed by atoms with E-state index in [-0.39, 0.29) is 0 Å². The van der Waals surface area contributed by atoms with Crippen LogP contribution in [-0.2, 0) is 11.2 Å². The molecular weight excluding hydrogens is 308 g/mol. The molecule has 1 fully saturated rings. The molecule has 2 aromatic carbocycles. The molecule has 0 amide bonds. The van der Waals surface area contributed by atoms with E-state index in [4.69, 9.17) is 4.74 Å². The summed E-state index contributed by atoms with van der Waals surface area (Å²) in [5.41, 5.74) is 2.83. The number of ether oxygens (including phenoxy) is 1. The first-order chi connectivity index (χ1) is 11.6. The van der Waals surface area contributed by atoms with Crippen molar-refractivity contribution in [2.75, 3.05) is 6.61 Å². The zero-order chi connectivity index (χ0) is 17.1. The van der Waals surface area contributed by atoms with Crippen LogP contribution in [-0.4, -0.2) is 51.4 Å². The molecule has 5 atom stereocenters. The van der Waals surface area contributed by atoms with Gasteiger partial charge >= 0.3 is 0 Å². The van der Waals surface area contributed by atoms with Gasteiger partial charge in [-0.2, -0.15) is 0 Å². The van der Waals surface area contributed by atoms with Gasteiger partial charge in [-0.25, -0.2) is 0 Å². The highest BCUT2D eigenvalue weighted by Crippen LogP contribution is 2.34. The summed E-state index contributed by atoms with van der Waals surface area (Å²) in [5.74, 6) is 0. The second kappa shape index (κ2) is 7.42. The molecule has 0 aliphatic carbocycles.